The first-order valence-corrected chi connectivity index (χ1v) is 10.1. The first-order valence-electron chi connectivity index (χ1n) is 8.83. The lowest BCUT2D eigenvalue weighted by Gasteiger charge is -2.28. The highest BCUT2D eigenvalue weighted by Crippen LogP contribution is 2.28. The summed E-state index contributed by atoms with van der Waals surface area (Å²) < 4.78 is 0. The van der Waals surface area contributed by atoms with Gasteiger partial charge >= 0.3 is 0 Å². The Morgan fingerprint density at radius 2 is 1.88 bits per heavy atom. The third-order valence-electron chi connectivity index (χ3n) is 4.41. The Bertz CT molecular complexity index is 730. The van der Waals surface area contributed by atoms with E-state index in [1.165, 1.54) is 0 Å². The van der Waals surface area contributed by atoms with Crippen molar-refractivity contribution in [2.75, 3.05) is 6.54 Å². The number of carbonyl (C=O) groups is 2. The van der Waals surface area contributed by atoms with E-state index < -0.39 is 5.38 Å². The maximum atomic E-state index is 13.0. The molecule has 1 aromatic carbocycles. The summed E-state index contributed by atoms with van der Waals surface area (Å²) in [5.74, 6) is -0.196. The highest BCUT2D eigenvalue weighted by Gasteiger charge is 2.36. The van der Waals surface area contributed by atoms with Crippen molar-refractivity contribution in [2.45, 2.75) is 44.3 Å². The van der Waals surface area contributed by atoms with Gasteiger partial charge in [-0.1, -0.05) is 36.4 Å². The lowest BCUT2D eigenvalue weighted by molar-refractivity contribution is -0.141. The Kier molecular flexibility index (Phi) is 6.33. The van der Waals surface area contributed by atoms with Crippen molar-refractivity contribution in [2.24, 2.45) is 0 Å². The van der Waals surface area contributed by atoms with Gasteiger partial charge in [0.05, 0.1) is 6.54 Å². The summed E-state index contributed by atoms with van der Waals surface area (Å²) in [5.41, 5.74) is 1.08. The van der Waals surface area contributed by atoms with E-state index in [-0.39, 0.29) is 24.4 Å². The van der Waals surface area contributed by atoms with E-state index in [0.29, 0.717) is 13.1 Å². The van der Waals surface area contributed by atoms with Gasteiger partial charge in [0.15, 0.2) is 0 Å². The molecular formula is C20H23ClN2O2S. The SMILES string of the molecule is CC(Cl)C(=O)N(CC(=O)N(Cc1ccccc1)Cc1cccs1)C1CC1. The van der Waals surface area contributed by atoms with E-state index in [1.54, 1.807) is 23.2 Å². The number of amides is 2. The molecule has 1 atom stereocenters. The van der Waals surface area contributed by atoms with Crippen molar-refractivity contribution < 1.29 is 9.59 Å². The van der Waals surface area contributed by atoms with E-state index >= 15 is 0 Å². The molecule has 0 radical (unpaired) electrons. The Balaban J connectivity index is 1.73. The largest absolute Gasteiger partial charge is 0.332 e. The van der Waals surface area contributed by atoms with Crippen LogP contribution in [0.25, 0.3) is 0 Å². The summed E-state index contributed by atoms with van der Waals surface area (Å²) in [5, 5.41) is 1.40. The number of carbonyl (C=O) groups excluding carboxylic acids is 2. The van der Waals surface area contributed by atoms with Crippen LogP contribution in [0, 0.1) is 0 Å². The van der Waals surface area contributed by atoms with Crippen LogP contribution in [0.3, 0.4) is 0 Å². The molecule has 3 rings (SSSR count). The Morgan fingerprint density at radius 1 is 1.15 bits per heavy atom. The van der Waals surface area contributed by atoms with Crippen molar-refractivity contribution >= 4 is 34.8 Å². The fraction of sp³-hybridized carbons (Fsp3) is 0.400. The highest BCUT2D eigenvalue weighted by molar-refractivity contribution is 7.09. The smallest absolute Gasteiger partial charge is 0.242 e. The number of benzene rings is 1. The summed E-state index contributed by atoms with van der Waals surface area (Å²) in [7, 11) is 0. The minimum absolute atomic E-state index is 0.0418. The minimum Gasteiger partial charge on any atom is -0.332 e. The van der Waals surface area contributed by atoms with Crippen LogP contribution >= 0.6 is 22.9 Å². The number of thiophene rings is 1. The summed E-state index contributed by atoms with van der Waals surface area (Å²) >= 11 is 7.62. The fourth-order valence-corrected chi connectivity index (χ4v) is 3.72. The van der Waals surface area contributed by atoms with Gasteiger partial charge in [-0.25, -0.2) is 0 Å². The van der Waals surface area contributed by atoms with Gasteiger partial charge < -0.3 is 9.80 Å². The number of alkyl halides is 1. The van der Waals surface area contributed by atoms with Crippen LogP contribution in [0.1, 0.15) is 30.2 Å². The molecule has 1 aliphatic carbocycles. The fourth-order valence-electron chi connectivity index (χ4n) is 2.87. The van der Waals surface area contributed by atoms with Crippen molar-refractivity contribution in [1.82, 2.24) is 9.80 Å². The molecule has 6 heteroatoms. The lowest BCUT2D eigenvalue weighted by Crippen LogP contribution is -2.45. The summed E-state index contributed by atoms with van der Waals surface area (Å²) in [6.07, 6.45) is 1.90. The maximum Gasteiger partial charge on any atom is 0.242 e. The average molecular weight is 391 g/mol. The Hall–Kier alpha value is -1.85. The summed E-state index contributed by atoms with van der Waals surface area (Å²) in [6.45, 7) is 2.84. The standard InChI is InChI=1S/C20H23ClN2O2S/c1-15(21)20(25)23(17-9-10-17)14-19(24)22(13-18-8-5-11-26-18)12-16-6-3-2-4-7-16/h2-8,11,15,17H,9-10,12-14H2,1H3. The molecule has 1 fully saturated rings. The molecule has 1 saturated carbocycles. The van der Waals surface area contributed by atoms with Gasteiger partial charge in [0.25, 0.3) is 0 Å². The zero-order chi connectivity index (χ0) is 18.5. The first kappa shape index (κ1) is 18.9. The van der Waals surface area contributed by atoms with Crippen molar-refractivity contribution in [3.8, 4) is 0 Å². The second kappa shape index (κ2) is 8.69. The predicted molar refractivity (Wildman–Crippen MR) is 105 cm³/mol. The molecule has 2 aromatic rings. The second-order valence-electron chi connectivity index (χ2n) is 6.63. The van der Waals surface area contributed by atoms with Gasteiger partial charge in [0.2, 0.25) is 11.8 Å². The summed E-state index contributed by atoms with van der Waals surface area (Å²) in [4.78, 5) is 30.0. The molecule has 0 spiro atoms. The molecule has 0 saturated heterocycles. The third kappa shape index (κ3) is 5.08. The van der Waals surface area contributed by atoms with Gasteiger partial charge in [-0.05, 0) is 36.8 Å². The summed E-state index contributed by atoms with van der Waals surface area (Å²) in [6, 6.07) is 14.1. The van der Waals surface area contributed by atoms with Gasteiger partial charge in [0.1, 0.15) is 11.9 Å². The molecule has 26 heavy (non-hydrogen) atoms. The van der Waals surface area contributed by atoms with E-state index in [0.717, 1.165) is 23.3 Å². The second-order valence-corrected chi connectivity index (χ2v) is 8.31. The van der Waals surface area contributed by atoms with Crippen LogP contribution < -0.4 is 0 Å². The van der Waals surface area contributed by atoms with E-state index in [2.05, 4.69) is 0 Å². The van der Waals surface area contributed by atoms with Gasteiger partial charge in [-0.2, -0.15) is 0 Å². The van der Waals surface area contributed by atoms with E-state index in [9.17, 15) is 9.59 Å². The molecule has 1 aliphatic rings. The first-order chi connectivity index (χ1) is 12.5. The molecule has 0 bridgehead atoms. The normalized spacial score (nSPS) is 14.7. The molecule has 1 unspecified atom stereocenters. The van der Waals surface area contributed by atoms with Crippen molar-refractivity contribution in [1.29, 1.82) is 0 Å². The number of rotatable bonds is 8. The zero-order valence-electron chi connectivity index (χ0n) is 14.8. The molecule has 1 heterocycles. The molecule has 1 aromatic heterocycles. The average Bonchev–Trinajstić information content (AvgIpc) is 3.35. The van der Waals surface area contributed by atoms with E-state index in [1.807, 2.05) is 52.7 Å². The number of nitrogens with zero attached hydrogens (tertiary/aromatic N) is 2. The van der Waals surface area contributed by atoms with E-state index in [4.69, 9.17) is 11.6 Å². The lowest BCUT2D eigenvalue weighted by atomic mass is 10.2. The van der Waals surface area contributed by atoms with Crippen molar-refractivity contribution in [3.63, 3.8) is 0 Å². The molecular weight excluding hydrogens is 368 g/mol. The number of hydrogen-bond donors (Lipinski definition) is 0. The zero-order valence-corrected chi connectivity index (χ0v) is 16.4. The van der Waals surface area contributed by atoms with Crippen LogP contribution in [0.4, 0.5) is 0 Å². The Morgan fingerprint density at radius 3 is 2.46 bits per heavy atom. The maximum absolute atomic E-state index is 13.0. The molecule has 4 nitrogen and oxygen atoms in total. The Labute approximate surface area is 163 Å². The van der Waals surface area contributed by atoms with Gasteiger partial charge in [-0.3, -0.25) is 9.59 Å². The number of halogens is 1. The third-order valence-corrected chi connectivity index (χ3v) is 5.46. The van der Waals surface area contributed by atoms with Gasteiger partial charge in [0, 0.05) is 17.5 Å². The molecule has 0 N–H and O–H groups in total. The van der Waals surface area contributed by atoms with Crippen molar-refractivity contribution in [3.05, 3.63) is 58.3 Å². The van der Waals surface area contributed by atoms with Crippen LogP contribution in [0.2, 0.25) is 0 Å². The predicted octanol–water partition coefficient (Wildman–Crippen LogP) is 3.90. The topological polar surface area (TPSA) is 40.6 Å². The molecule has 138 valence electrons. The quantitative estimate of drug-likeness (QED) is 0.641. The number of hydrogen-bond acceptors (Lipinski definition) is 3. The van der Waals surface area contributed by atoms with Crippen LogP contribution in [-0.2, 0) is 22.7 Å². The molecule has 2 amide bonds. The van der Waals surface area contributed by atoms with Crippen LogP contribution in [-0.4, -0.2) is 39.6 Å². The molecule has 0 aliphatic heterocycles. The monoisotopic (exact) mass is 390 g/mol. The van der Waals surface area contributed by atoms with Crippen LogP contribution in [0.15, 0.2) is 47.8 Å². The van der Waals surface area contributed by atoms with Gasteiger partial charge in [-0.15, -0.1) is 22.9 Å². The minimum atomic E-state index is -0.608. The van der Waals surface area contributed by atoms with Crippen LogP contribution in [0.5, 0.6) is 0 Å². The highest BCUT2D eigenvalue weighted by atomic mass is 35.5.